The molecule has 2 rings (SSSR count). The van der Waals surface area contributed by atoms with Gasteiger partial charge < -0.3 is 20.8 Å². The number of aromatic nitrogens is 1. The quantitative estimate of drug-likeness (QED) is 0.708. The lowest BCUT2D eigenvalue weighted by molar-refractivity contribution is -0.159. The SMILES string of the molecule is CC(C)(CNC(=O)C1(CN)COC1)c1cc[nH]c1. The molecule has 2 heterocycles. The number of nitrogens with two attached hydrogens (primary N) is 1. The van der Waals surface area contributed by atoms with Gasteiger partial charge in [0, 0.05) is 30.9 Å². The van der Waals surface area contributed by atoms with Gasteiger partial charge in [0.15, 0.2) is 0 Å². The van der Waals surface area contributed by atoms with Crippen molar-refractivity contribution in [3.05, 3.63) is 24.0 Å². The summed E-state index contributed by atoms with van der Waals surface area (Å²) >= 11 is 0. The van der Waals surface area contributed by atoms with E-state index in [2.05, 4.69) is 24.1 Å². The predicted molar refractivity (Wildman–Crippen MR) is 69.1 cm³/mol. The molecular formula is C13H21N3O2. The van der Waals surface area contributed by atoms with E-state index in [1.807, 2.05) is 18.5 Å². The van der Waals surface area contributed by atoms with Gasteiger partial charge in [-0.3, -0.25) is 4.79 Å². The van der Waals surface area contributed by atoms with E-state index in [0.29, 0.717) is 26.3 Å². The first-order chi connectivity index (χ1) is 8.50. The Kier molecular flexibility index (Phi) is 3.45. The zero-order chi connectivity index (χ0) is 13.2. The number of amides is 1. The Hall–Kier alpha value is -1.33. The van der Waals surface area contributed by atoms with Crippen LogP contribution in [0.5, 0.6) is 0 Å². The first-order valence-electron chi connectivity index (χ1n) is 6.20. The van der Waals surface area contributed by atoms with Crippen LogP contribution in [-0.4, -0.2) is 37.2 Å². The Bertz CT molecular complexity index is 402. The molecule has 0 aliphatic carbocycles. The molecule has 0 unspecified atom stereocenters. The van der Waals surface area contributed by atoms with Gasteiger partial charge >= 0.3 is 0 Å². The van der Waals surface area contributed by atoms with Crippen LogP contribution in [-0.2, 0) is 14.9 Å². The van der Waals surface area contributed by atoms with Crippen LogP contribution >= 0.6 is 0 Å². The zero-order valence-electron chi connectivity index (χ0n) is 11.0. The number of carbonyl (C=O) groups excluding carboxylic acids is 1. The van der Waals surface area contributed by atoms with Gasteiger partial charge in [-0.15, -0.1) is 0 Å². The largest absolute Gasteiger partial charge is 0.379 e. The number of ether oxygens (including phenoxy) is 1. The minimum Gasteiger partial charge on any atom is -0.379 e. The second kappa shape index (κ2) is 4.74. The summed E-state index contributed by atoms with van der Waals surface area (Å²) in [4.78, 5) is 15.2. The summed E-state index contributed by atoms with van der Waals surface area (Å²) in [5.74, 6) is -0.000129. The van der Waals surface area contributed by atoms with Crippen LogP contribution < -0.4 is 11.1 Å². The number of nitrogens with one attached hydrogen (secondary N) is 2. The summed E-state index contributed by atoms with van der Waals surface area (Å²) in [6, 6.07) is 2.03. The Balaban J connectivity index is 1.93. The molecule has 1 aromatic heterocycles. The van der Waals surface area contributed by atoms with E-state index in [-0.39, 0.29) is 11.3 Å². The van der Waals surface area contributed by atoms with Crippen molar-refractivity contribution in [1.82, 2.24) is 10.3 Å². The van der Waals surface area contributed by atoms with Gasteiger partial charge in [0.05, 0.1) is 13.2 Å². The maximum atomic E-state index is 12.1. The summed E-state index contributed by atoms with van der Waals surface area (Å²) in [6.07, 6.45) is 3.84. The van der Waals surface area contributed by atoms with Crippen LogP contribution in [0.15, 0.2) is 18.5 Å². The lowest BCUT2D eigenvalue weighted by Gasteiger charge is -2.39. The molecule has 1 saturated heterocycles. The van der Waals surface area contributed by atoms with E-state index in [0.717, 1.165) is 0 Å². The highest BCUT2D eigenvalue weighted by Crippen LogP contribution is 2.27. The third-order valence-corrected chi connectivity index (χ3v) is 3.70. The number of rotatable bonds is 5. The minimum atomic E-state index is -0.506. The van der Waals surface area contributed by atoms with E-state index in [1.165, 1.54) is 5.56 Å². The standard InChI is InChI=1S/C13H21N3O2/c1-12(2,10-3-4-15-5-10)7-16-11(17)13(6-14)8-18-9-13/h3-5,15H,6-9,14H2,1-2H3,(H,16,17). The molecule has 1 aromatic rings. The van der Waals surface area contributed by atoms with Crippen molar-refractivity contribution < 1.29 is 9.53 Å². The monoisotopic (exact) mass is 251 g/mol. The topological polar surface area (TPSA) is 80.1 Å². The Morgan fingerprint density at radius 3 is 2.78 bits per heavy atom. The molecule has 0 spiro atoms. The van der Waals surface area contributed by atoms with E-state index >= 15 is 0 Å². The molecule has 1 fully saturated rings. The molecule has 0 radical (unpaired) electrons. The normalized spacial score (nSPS) is 18.2. The number of hydrogen-bond donors (Lipinski definition) is 3. The molecule has 0 saturated carbocycles. The average molecular weight is 251 g/mol. The highest BCUT2D eigenvalue weighted by Gasteiger charge is 2.44. The smallest absolute Gasteiger partial charge is 0.232 e. The zero-order valence-corrected chi connectivity index (χ0v) is 11.0. The molecule has 5 nitrogen and oxygen atoms in total. The lowest BCUT2D eigenvalue weighted by Crippen LogP contribution is -2.59. The molecule has 0 atom stereocenters. The molecule has 0 bridgehead atoms. The van der Waals surface area contributed by atoms with Crippen LogP contribution in [0.4, 0.5) is 0 Å². The van der Waals surface area contributed by atoms with Crippen molar-refractivity contribution in [2.75, 3.05) is 26.3 Å². The van der Waals surface area contributed by atoms with Crippen LogP contribution in [0.2, 0.25) is 0 Å². The van der Waals surface area contributed by atoms with Crippen molar-refractivity contribution in [3.63, 3.8) is 0 Å². The summed E-state index contributed by atoms with van der Waals surface area (Å²) in [6.45, 7) is 5.99. The molecule has 1 aliphatic rings. The average Bonchev–Trinajstić information content (AvgIpc) is 2.80. The summed E-state index contributed by atoms with van der Waals surface area (Å²) < 4.78 is 5.11. The molecule has 100 valence electrons. The van der Waals surface area contributed by atoms with Crippen LogP contribution in [0.1, 0.15) is 19.4 Å². The van der Waals surface area contributed by atoms with Gasteiger partial charge in [-0.2, -0.15) is 0 Å². The molecule has 1 aliphatic heterocycles. The maximum absolute atomic E-state index is 12.1. The highest BCUT2D eigenvalue weighted by atomic mass is 16.5. The molecule has 18 heavy (non-hydrogen) atoms. The van der Waals surface area contributed by atoms with Crippen molar-refractivity contribution in [1.29, 1.82) is 0 Å². The summed E-state index contributed by atoms with van der Waals surface area (Å²) in [5.41, 5.74) is 6.23. The second-order valence-electron chi connectivity index (χ2n) is 5.64. The minimum absolute atomic E-state index is 0.000129. The van der Waals surface area contributed by atoms with Crippen molar-refractivity contribution in [2.24, 2.45) is 11.1 Å². The van der Waals surface area contributed by atoms with Gasteiger partial charge in [0.25, 0.3) is 0 Å². The first kappa shape index (κ1) is 13.1. The highest BCUT2D eigenvalue weighted by molar-refractivity contribution is 5.84. The maximum Gasteiger partial charge on any atom is 0.232 e. The molecule has 0 aromatic carbocycles. The van der Waals surface area contributed by atoms with Gasteiger partial charge in [0.2, 0.25) is 5.91 Å². The fourth-order valence-corrected chi connectivity index (χ4v) is 2.03. The van der Waals surface area contributed by atoms with E-state index in [4.69, 9.17) is 10.5 Å². The van der Waals surface area contributed by atoms with Crippen LogP contribution in [0.3, 0.4) is 0 Å². The van der Waals surface area contributed by atoms with E-state index < -0.39 is 5.41 Å². The number of carbonyl (C=O) groups is 1. The number of H-pyrrole nitrogens is 1. The van der Waals surface area contributed by atoms with Crippen molar-refractivity contribution in [2.45, 2.75) is 19.3 Å². The summed E-state index contributed by atoms with van der Waals surface area (Å²) in [7, 11) is 0. The van der Waals surface area contributed by atoms with E-state index in [9.17, 15) is 4.79 Å². The van der Waals surface area contributed by atoms with E-state index in [1.54, 1.807) is 0 Å². The Morgan fingerprint density at radius 2 is 2.33 bits per heavy atom. The van der Waals surface area contributed by atoms with Crippen LogP contribution in [0, 0.1) is 5.41 Å². The van der Waals surface area contributed by atoms with Gasteiger partial charge in [0.1, 0.15) is 5.41 Å². The third kappa shape index (κ3) is 2.28. The predicted octanol–water partition coefficient (Wildman–Crippen LogP) is 0.384. The Morgan fingerprint density at radius 1 is 1.61 bits per heavy atom. The summed E-state index contributed by atoms with van der Waals surface area (Å²) in [5, 5.41) is 2.99. The van der Waals surface area contributed by atoms with Gasteiger partial charge in [-0.05, 0) is 11.6 Å². The van der Waals surface area contributed by atoms with Gasteiger partial charge in [-0.25, -0.2) is 0 Å². The van der Waals surface area contributed by atoms with Crippen molar-refractivity contribution >= 4 is 5.91 Å². The fourth-order valence-electron chi connectivity index (χ4n) is 2.03. The molecule has 4 N–H and O–H groups in total. The molecular weight excluding hydrogens is 230 g/mol. The Labute approximate surface area is 107 Å². The third-order valence-electron chi connectivity index (χ3n) is 3.70. The second-order valence-corrected chi connectivity index (χ2v) is 5.64. The van der Waals surface area contributed by atoms with Gasteiger partial charge in [-0.1, -0.05) is 13.8 Å². The molecule has 5 heteroatoms. The molecule has 1 amide bonds. The fraction of sp³-hybridized carbons (Fsp3) is 0.615. The first-order valence-corrected chi connectivity index (χ1v) is 6.20. The lowest BCUT2D eigenvalue weighted by atomic mass is 9.83. The van der Waals surface area contributed by atoms with Crippen molar-refractivity contribution in [3.8, 4) is 0 Å². The number of hydrogen-bond acceptors (Lipinski definition) is 3. The number of aromatic amines is 1. The van der Waals surface area contributed by atoms with Crippen LogP contribution in [0.25, 0.3) is 0 Å².